The van der Waals surface area contributed by atoms with Gasteiger partial charge in [0.1, 0.15) is 0 Å². The van der Waals surface area contributed by atoms with Crippen LogP contribution in [0.1, 0.15) is 66.2 Å². The van der Waals surface area contributed by atoms with Gasteiger partial charge < -0.3 is 4.74 Å². The van der Waals surface area contributed by atoms with Crippen molar-refractivity contribution in [2.45, 2.75) is 71.0 Å². The molecule has 2 heteroatoms. The summed E-state index contributed by atoms with van der Waals surface area (Å²) in [6, 6.07) is 0. The van der Waals surface area contributed by atoms with Crippen molar-refractivity contribution in [2.24, 2.45) is 17.3 Å². The zero-order chi connectivity index (χ0) is 13.6. The highest BCUT2D eigenvalue weighted by molar-refractivity contribution is 9.09. The Kier molecular flexibility index (Phi) is 7.23. The van der Waals surface area contributed by atoms with Crippen molar-refractivity contribution in [3.8, 4) is 0 Å². The summed E-state index contributed by atoms with van der Waals surface area (Å²) in [5.74, 6) is 1.69. The highest BCUT2D eigenvalue weighted by Crippen LogP contribution is 2.43. The van der Waals surface area contributed by atoms with E-state index in [-0.39, 0.29) is 0 Å². The number of hydrogen-bond donors (Lipinski definition) is 0. The van der Waals surface area contributed by atoms with Crippen LogP contribution in [0.5, 0.6) is 0 Å². The van der Waals surface area contributed by atoms with Crippen molar-refractivity contribution in [1.29, 1.82) is 0 Å². The Hall–Kier alpha value is 0.440. The highest BCUT2D eigenvalue weighted by atomic mass is 79.9. The smallest absolute Gasteiger partial charge is 0.0469 e. The van der Waals surface area contributed by atoms with E-state index in [1.54, 1.807) is 0 Å². The first-order chi connectivity index (χ1) is 8.45. The van der Waals surface area contributed by atoms with Crippen LogP contribution in [0.25, 0.3) is 0 Å². The van der Waals surface area contributed by atoms with Crippen LogP contribution in [0.4, 0.5) is 0 Å². The Balaban J connectivity index is 2.29. The molecule has 0 radical (unpaired) electrons. The molecule has 0 amide bonds. The molecule has 0 aromatic rings. The number of rotatable bonds is 6. The van der Waals surface area contributed by atoms with Crippen LogP contribution in [0.15, 0.2) is 0 Å². The van der Waals surface area contributed by atoms with Crippen molar-refractivity contribution in [2.75, 3.05) is 13.2 Å². The van der Waals surface area contributed by atoms with Gasteiger partial charge in [-0.05, 0) is 49.4 Å². The van der Waals surface area contributed by atoms with Crippen LogP contribution < -0.4 is 0 Å². The maximum Gasteiger partial charge on any atom is 0.0469 e. The Bertz CT molecular complexity index is 222. The van der Waals surface area contributed by atoms with E-state index in [9.17, 15) is 0 Å². The predicted octanol–water partition coefficient (Wildman–Crippen LogP) is 5.42. The largest absolute Gasteiger partial charge is 0.381 e. The average molecular weight is 319 g/mol. The van der Waals surface area contributed by atoms with Gasteiger partial charge in [-0.2, -0.15) is 0 Å². The molecule has 1 fully saturated rings. The van der Waals surface area contributed by atoms with Gasteiger partial charge in [-0.3, -0.25) is 0 Å². The molecule has 0 spiro atoms. The minimum absolute atomic E-state index is 0.467. The lowest BCUT2D eigenvalue weighted by Crippen LogP contribution is -2.32. The molecule has 1 saturated carbocycles. The Morgan fingerprint density at radius 1 is 1.17 bits per heavy atom. The summed E-state index contributed by atoms with van der Waals surface area (Å²) in [6.07, 6.45) is 7.75. The van der Waals surface area contributed by atoms with Gasteiger partial charge in [-0.25, -0.2) is 0 Å². The minimum Gasteiger partial charge on any atom is -0.381 e. The number of halogens is 1. The third kappa shape index (κ3) is 5.61. The molecule has 1 aliphatic carbocycles. The zero-order valence-corrected chi connectivity index (χ0v) is 14.3. The van der Waals surface area contributed by atoms with E-state index in [1.165, 1.54) is 38.5 Å². The average Bonchev–Trinajstić information content (AvgIpc) is 2.29. The van der Waals surface area contributed by atoms with Crippen LogP contribution in [-0.2, 0) is 4.74 Å². The molecule has 0 heterocycles. The fourth-order valence-corrected chi connectivity index (χ4v) is 3.64. The summed E-state index contributed by atoms with van der Waals surface area (Å²) >= 11 is 3.88. The second-order valence-corrected chi connectivity index (χ2v) is 8.08. The first-order valence-corrected chi connectivity index (χ1v) is 8.58. The third-order valence-electron chi connectivity index (χ3n) is 4.39. The normalized spacial score (nSPS) is 29.5. The van der Waals surface area contributed by atoms with Gasteiger partial charge >= 0.3 is 0 Å². The molecule has 1 rings (SSSR count). The summed E-state index contributed by atoms with van der Waals surface area (Å²) in [6.45, 7) is 11.3. The fourth-order valence-electron chi connectivity index (χ4n) is 2.90. The number of hydrogen-bond acceptors (Lipinski definition) is 1. The standard InChI is InChI=1S/C16H31BrO/c1-5-6-10-18-11-9-13-12-14(16(2,3)4)7-8-15(13)17/h13-15H,5-12H2,1-4H3. The maximum atomic E-state index is 5.73. The molecule has 0 aromatic carbocycles. The fraction of sp³-hybridized carbons (Fsp3) is 1.00. The van der Waals surface area contributed by atoms with Gasteiger partial charge in [0.15, 0.2) is 0 Å². The summed E-state index contributed by atoms with van der Waals surface area (Å²) in [4.78, 5) is 0.714. The molecule has 1 nitrogen and oxygen atoms in total. The molecular formula is C16H31BrO. The number of unbranched alkanes of at least 4 members (excludes halogenated alkanes) is 1. The molecule has 18 heavy (non-hydrogen) atoms. The Morgan fingerprint density at radius 2 is 1.89 bits per heavy atom. The van der Waals surface area contributed by atoms with Crippen molar-refractivity contribution in [3.63, 3.8) is 0 Å². The highest BCUT2D eigenvalue weighted by Gasteiger charge is 2.34. The molecule has 0 bridgehead atoms. The van der Waals surface area contributed by atoms with E-state index in [1.807, 2.05) is 0 Å². The van der Waals surface area contributed by atoms with Gasteiger partial charge in [0.25, 0.3) is 0 Å². The van der Waals surface area contributed by atoms with Crippen molar-refractivity contribution < 1.29 is 4.74 Å². The van der Waals surface area contributed by atoms with Crippen molar-refractivity contribution in [3.05, 3.63) is 0 Å². The molecule has 1 aliphatic rings. The van der Waals surface area contributed by atoms with E-state index >= 15 is 0 Å². The van der Waals surface area contributed by atoms with E-state index < -0.39 is 0 Å². The van der Waals surface area contributed by atoms with Crippen LogP contribution >= 0.6 is 15.9 Å². The number of alkyl halides is 1. The van der Waals surface area contributed by atoms with E-state index in [2.05, 4.69) is 43.6 Å². The topological polar surface area (TPSA) is 9.23 Å². The molecule has 3 unspecified atom stereocenters. The molecule has 0 aliphatic heterocycles. The number of ether oxygens (including phenoxy) is 1. The third-order valence-corrected chi connectivity index (χ3v) is 5.60. The van der Waals surface area contributed by atoms with Crippen molar-refractivity contribution >= 4 is 15.9 Å². The summed E-state index contributed by atoms with van der Waals surface area (Å²) in [5, 5.41) is 0. The SMILES string of the molecule is CCCCOCCC1CC(C(C)(C)C)CCC1Br. The minimum atomic E-state index is 0.467. The van der Waals surface area contributed by atoms with Gasteiger partial charge in [0.2, 0.25) is 0 Å². The maximum absolute atomic E-state index is 5.73. The van der Waals surface area contributed by atoms with Gasteiger partial charge in [0, 0.05) is 18.0 Å². The monoisotopic (exact) mass is 318 g/mol. The lowest BCUT2D eigenvalue weighted by Gasteiger charge is -2.40. The van der Waals surface area contributed by atoms with Crippen LogP contribution in [0.3, 0.4) is 0 Å². The van der Waals surface area contributed by atoms with Gasteiger partial charge in [-0.1, -0.05) is 50.0 Å². The second-order valence-electron chi connectivity index (χ2n) is 6.91. The summed E-state index contributed by atoms with van der Waals surface area (Å²) < 4.78 is 5.73. The zero-order valence-electron chi connectivity index (χ0n) is 12.7. The molecule has 108 valence electrons. The molecule has 0 saturated heterocycles. The molecular weight excluding hydrogens is 288 g/mol. The van der Waals surface area contributed by atoms with Gasteiger partial charge in [-0.15, -0.1) is 0 Å². The lowest BCUT2D eigenvalue weighted by molar-refractivity contribution is 0.0909. The quantitative estimate of drug-likeness (QED) is 0.469. The van der Waals surface area contributed by atoms with Crippen LogP contribution in [0, 0.1) is 17.3 Å². The molecule has 3 atom stereocenters. The Morgan fingerprint density at radius 3 is 2.50 bits per heavy atom. The van der Waals surface area contributed by atoms with Crippen LogP contribution in [-0.4, -0.2) is 18.0 Å². The van der Waals surface area contributed by atoms with Gasteiger partial charge in [0.05, 0.1) is 0 Å². The first-order valence-electron chi connectivity index (χ1n) is 7.67. The Labute approximate surface area is 122 Å². The van der Waals surface area contributed by atoms with E-state index in [0.29, 0.717) is 10.2 Å². The summed E-state index contributed by atoms with van der Waals surface area (Å²) in [7, 11) is 0. The molecule has 0 aromatic heterocycles. The van der Waals surface area contributed by atoms with E-state index in [0.717, 1.165) is 25.0 Å². The first kappa shape index (κ1) is 16.5. The van der Waals surface area contributed by atoms with E-state index in [4.69, 9.17) is 4.74 Å². The van der Waals surface area contributed by atoms with Crippen LogP contribution in [0.2, 0.25) is 0 Å². The second kappa shape index (κ2) is 7.89. The van der Waals surface area contributed by atoms with Crippen molar-refractivity contribution in [1.82, 2.24) is 0 Å². The lowest BCUT2D eigenvalue weighted by atomic mass is 9.68. The summed E-state index contributed by atoms with van der Waals surface area (Å²) in [5.41, 5.74) is 0.467. The molecule has 0 N–H and O–H groups in total. The predicted molar refractivity (Wildman–Crippen MR) is 83.3 cm³/mol.